The normalized spacial score (nSPS) is 10.6. The van der Waals surface area contributed by atoms with Crippen molar-refractivity contribution in [2.45, 2.75) is 12.8 Å². The van der Waals surface area contributed by atoms with E-state index >= 15 is 0 Å². The highest BCUT2D eigenvalue weighted by atomic mass is 19.1. The maximum atomic E-state index is 13.5. The van der Waals surface area contributed by atoms with E-state index < -0.39 is 24.3 Å². The van der Waals surface area contributed by atoms with E-state index in [0.717, 1.165) is 0 Å². The highest BCUT2D eigenvalue weighted by Gasteiger charge is 2.13. The van der Waals surface area contributed by atoms with Gasteiger partial charge in [-0.25, -0.2) is 9.37 Å². The Morgan fingerprint density at radius 3 is 2.64 bits per heavy atom. The quantitative estimate of drug-likeness (QED) is 0.659. The molecule has 0 bridgehead atoms. The number of hydrogen-bond donors (Lipinski definition) is 1. The molecule has 2 aromatic carbocycles. The smallest absolute Gasteiger partial charge is 0.306 e. The van der Waals surface area contributed by atoms with Crippen LogP contribution in [0.5, 0.6) is 0 Å². The second-order valence-electron chi connectivity index (χ2n) is 6.10. The summed E-state index contributed by atoms with van der Waals surface area (Å²) in [6, 6.07) is 12.6. The lowest BCUT2D eigenvalue weighted by Gasteiger charge is -2.09. The van der Waals surface area contributed by atoms with Crippen LogP contribution in [0.2, 0.25) is 0 Å². The second-order valence-corrected chi connectivity index (χ2v) is 6.10. The lowest BCUT2D eigenvalue weighted by atomic mass is 10.2. The molecule has 3 rings (SSSR count). The molecule has 1 aromatic heterocycles. The number of rotatable bonds is 6. The predicted molar refractivity (Wildman–Crippen MR) is 101 cm³/mol. The molecule has 144 valence electrons. The molecule has 0 saturated heterocycles. The molecule has 0 spiro atoms. The maximum Gasteiger partial charge on any atom is 0.306 e. The van der Waals surface area contributed by atoms with Crippen molar-refractivity contribution in [1.29, 1.82) is 0 Å². The Kier molecular flexibility index (Phi) is 5.78. The molecule has 0 fully saturated rings. The fourth-order valence-electron chi connectivity index (χ4n) is 2.67. The van der Waals surface area contributed by atoms with E-state index in [1.54, 1.807) is 37.4 Å². The molecule has 0 saturated carbocycles. The number of ether oxygens (including phenoxy) is 1. The van der Waals surface area contributed by atoms with Crippen LogP contribution in [0.3, 0.4) is 0 Å². The molecule has 3 aromatic rings. The van der Waals surface area contributed by atoms with Crippen LogP contribution in [0, 0.1) is 5.82 Å². The first-order valence-electron chi connectivity index (χ1n) is 8.60. The summed E-state index contributed by atoms with van der Waals surface area (Å²) < 4.78 is 19.8. The third-order valence-corrected chi connectivity index (χ3v) is 4.14. The standard InChI is InChI=1S/C20H18FN3O4/c1-24-17(22-15-8-4-2-6-13(15)20(24)27)10-11-19(26)28-12-18(25)23-16-9-5-3-7-14(16)21/h2-9H,10-12H2,1H3,(H,23,25). The lowest BCUT2D eigenvalue weighted by molar-refractivity contribution is -0.147. The van der Waals surface area contributed by atoms with E-state index in [1.807, 2.05) is 0 Å². The van der Waals surface area contributed by atoms with Crippen molar-refractivity contribution in [3.8, 4) is 0 Å². The highest BCUT2D eigenvalue weighted by Crippen LogP contribution is 2.12. The Hall–Kier alpha value is -3.55. The van der Waals surface area contributed by atoms with Crippen LogP contribution >= 0.6 is 0 Å². The zero-order valence-corrected chi connectivity index (χ0v) is 15.1. The van der Waals surface area contributed by atoms with E-state index in [2.05, 4.69) is 10.3 Å². The first-order valence-corrected chi connectivity index (χ1v) is 8.60. The van der Waals surface area contributed by atoms with Gasteiger partial charge >= 0.3 is 5.97 Å². The van der Waals surface area contributed by atoms with Crippen molar-refractivity contribution >= 4 is 28.5 Å². The summed E-state index contributed by atoms with van der Waals surface area (Å²) in [6.45, 7) is -0.531. The molecule has 8 heteroatoms. The number of esters is 1. The minimum absolute atomic E-state index is 0.0129. The number of para-hydroxylation sites is 2. The van der Waals surface area contributed by atoms with E-state index in [0.29, 0.717) is 16.7 Å². The van der Waals surface area contributed by atoms with Gasteiger partial charge in [0.05, 0.1) is 23.0 Å². The SMILES string of the molecule is Cn1c(CCC(=O)OCC(=O)Nc2ccccc2F)nc2ccccc2c1=O. The van der Waals surface area contributed by atoms with Gasteiger partial charge in [0.25, 0.3) is 11.5 Å². The van der Waals surface area contributed by atoms with Crippen molar-refractivity contribution in [3.63, 3.8) is 0 Å². The minimum atomic E-state index is -0.644. The van der Waals surface area contributed by atoms with Crippen LogP contribution in [-0.2, 0) is 27.8 Å². The van der Waals surface area contributed by atoms with Gasteiger partial charge in [-0.3, -0.25) is 19.0 Å². The number of carbonyl (C=O) groups excluding carboxylic acids is 2. The lowest BCUT2D eigenvalue weighted by Crippen LogP contribution is -2.24. The number of halogens is 1. The molecular formula is C20H18FN3O4. The topological polar surface area (TPSA) is 90.3 Å². The Morgan fingerprint density at radius 2 is 1.86 bits per heavy atom. The summed E-state index contributed by atoms with van der Waals surface area (Å²) in [5.41, 5.74) is 0.371. The molecule has 1 amide bonds. The Balaban J connectivity index is 1.55. The number of hydrogen-bond acceptors (Lipinski definition) is 5. The fourth-order valence-corrected chi connectivity index (χ4v) is 2.67. The molecule has 1 N–H and O–H groups in total. The molecular weight excluding hydrogens is 365 g/mol. The third-order valence-electron chi connectivity index (χ3n) is 4.14. The van der Waals surface area contributed by atoms with Gasteiger partial charge < -0.3 is 10.1 Å². The van der Waals surface area contributed by atoms with Crippen molar-refractivity contribution < 1.29 is 18.7 Å². The van der Waals surface area contributed by atoms with Gasteiger partial charge in [-0.15, -0.1) is 0 Å². The Labute approximate surface area is 159 Å². The summed E-state index contributed by atoms with van der Waals surface area (Å²) in [7, 11) is 1.59. The minimum Gasteiger partial charge on any atom is -0.456 e. The van der Waals surface area contributed by atoms with Crippen LogP contribution < -0.4 is 10.9 Å². The van der Waals surface area contributed by atoms with E-state index in [9.17, 15) is 18.8 Å². The first-order chi connectivity index (χ1) is 13.5. The highest BCUT2D eigenvalue weighted by molar-refractivity contribution is 5.92. The number of fused-ring (bicyclic) bond motifs is 1. The van der Waals surface area contributed by atoms with E-state index in [1.165, 1.54) is 22.8 Å². The molecule has 0 aliphatic heterocycles. The molecule has 0 unspecified atom stereocenters. The summed E-state index contributed by atoms with van der Waals surface area (Å²) in [5.74, 6) is -1.40. The Morgan fingerprint density at radius 1 is 1.14 bits per heavy atom. The summed E-state index contributed by atoms with van der Waals surface area (Å²) in [5, 5.41) is 2.83. The van der Waals surface area contributed by atoms with Crippen LogP contribution in [0.4, 0.5) is 10.1 Å². The van der Waals surface area contributed by atoms with Gasteiger partial charge in [0, 0.05) is 13.5 Å². The maximum absolute atomic E-state index is 13.5. The van der Waals surface area contributed by atoms with Gasteiger partial charge in [0.15, 0.2) is 6.61 Å². The second kappa shape index (κ2) is 8.43. The van der Waals surface area contributed by atoms with Gasteiger partial charge in [-0.2, -0.15) is 0 Å². The van der Waals surface area contributed by atoms with Crippen molar-refractivity contribution in [3.05, 3.63) is 70.5 Å². The number of carbonyl (C=O) groups is 2. The van der Waals surface area contributed by atoms with Gasteiger partial charge in [0.1, 0.15) is 11.6 Å². The third kappa shape index (κ3) is 4.40. The largest absolute Gasteiger partial charge is 0.456 e. The number of anilines is 1. The Bertz CT molecular complexity index is 1090. The molecule has 0 aliphatic rings. The summed E-state index contributed by atoms with van der Waals surface area (Å²) in [6.07, 6.45) is 0.135. The molecule has 1 heterocycles. The van der Waals surface area contributed by atoms with Crippen LogP contribution in [-0.4, -0.2) is 28.0 Å². The van der Waals surface area contributed by atoms with Gasteiger partial charge in [-0.1, -0.05) is 24.3 Å². The number of aryl methyl sites for hydroxylation is 1. The number of amides is 1. The number of aromatic nitrogens is 2. The molecule has 0 atom stereocenters. The van der Waals surface area contributed by atoms with E-state index in [-0.39, 0.29) is 24.1 Å². The van der Waals surface area contributed by atoms with Crippen LogP contribution in [0.1, 0.15) is 12.2 Å². The average Bonchev–Trinajstić information content (AvgIpc) is 2.70. The zero-order valence-electron chi connectivity index (χ0n) is 15.1. The molecule has 7 nitrogen and oxygen atoms in total. The molecule has 0 radical (unpaired) electrons. The molecule has 0 aliphatic carbocycles. The summed E-state index contributed by atoms with van der Waals surface area (Å²) in [4.78, 5) is 40.4. The number of nitrogens with one attached hydrogen (secondary N) is 1. The fraction of sp³-hybridized carbons (Fsp3) is 0.200. The zero-order chi connectivity index (χ0) is 20.1. The summed E-state index contributed by atoms with van der Waals surface area (Å²) >= 11 is 0. The first kappa shape index (κ1) is 19.2. The number of nitrogens with zero attached hydrogens (tertiary/aromatic N) is 2. The van der Waals surface area contributed by atoms with Gasteiger partial charge in [0.2, 0.25) is 0 Å². The number of benzene rings is 2. The molecule has 28 heavy (non-hydrogen) atoms. The van der Waals surface area contributed by atoms with Crippen LogP contribution in [0.25, 0.3) is 10.9 Å². The van der Waals surface area contributed by atoms with E-state index in [4.69, 9.17) is 4.74 Å². The average molecular weight is 383 g/mol. The predicted octanol–water partition coefficient (Wildman–Crippen LogP) is 2.19. The van der Waals surface area contributed by atoms with Crippen molar-refractivity contribution in [1.82, 2.24) is 9.55 Å². The van der Waals surface area contributed by atoms with Crippen molar-refractivity contribution in [2.75, 3.05) is 11.9 Å². The van der Waals surface area contributed by atoms with Crippen molar-refractivity contribution in [2.24, 2.45) is 7.05 Å². The monoisotopic (exact) mass is 383 g/mol. The van der Waals surface area contributed by atoms with Gasteiger partial charge in [-0.05, 0) is 24.3 Å². The van der Waals surface area contributed by atoms with Crippen LogP contribution in [0.15, 0.2) is 53.3 Å².